The number of carboxylic acids is 2. The molecule has 0 aliphatic rings. The van der Waals surface area contributed by atoms with Crippen molar-refractivity contribution in [2.75, 3.05) is 13.1 Å². The van der Waals surface area contributed by atoms with Crippen molar-refractivity contribution in [1.82, 2.24) is 16.0 Å². The average Bonchev–Trinajstić information content (AvgIpc) is 2.90. The number of rotatable bonds is 19. The van der Waals surface area contributed by atoms with Crippen molar-refractivity contribution in [2.45, 2.75) is 69.1 Å². The lowest BCUT2D eigenvalue weighted by Gasteiger charge is -2.25. The summed E-state index contributed by atoms with van der Waals surface area (Å²) < 4.78 is 0. The lowest BCUT2D eigenvalue weighted by atomic mass is 10.0. The molecule has 0 heterocycles. The van der Waals surface area contributed by atoms with E-state index >= 15 is 0 Å². The van der Waals surface area contributed by atoms with Gasteiger partial charge in [-0.25, -0.2) is 4.79 Å². The summed E-state index contributed by atoms with van der Waals surface area (Å²) in [4.78, 5) is 65.8. The minimum absolute atomic E-state index is 0.0303. The third-order valence-electron chi connectivity index (χ3n) is 5.89. The predicted molar refractivity (Wildman–Crippen MR) is 148 cm³/mol. The summed E-state index contributed by atoms with van der Waals surface area (Å²) in [6.07, 6.45) is 0.676. The van der Waals surface area contributed by atoms with Crippen molar-refractivity contribution in [3.63, 3.8) is 0 Å². The van der Waals surface area contributed by atoms with Crippen LogP contribution in [0.1, 0.15) is 44.1 Å². The summed E-state index contributed by atoms with van der Waals surface area (Å²) in [7, 11) is 0. The summed E-state index contributed by atoms with van der Waals surface area (Å²) in [5.74, 6) is -5.57. The highest BCUT2D eigenvalue weighted by atomic mass is 16.4. The Morgan fingerprint density at radius 1 is 0.805 bits per heavy atom. The molecule has 0 aliphatic heterocycles. The number of aliphatic carboxylic acids is 2. The summed E-state index contributed by atoms with van der Waals surface area (Å²) in [5, 5.41) is 35.5. The number of unbranched alkanes of at least 4 members (excludes halogenated alkanes) is 1. The molecular formula is C25H40N8O8. The van der Waals surface area contributed by atoms with Crippen LogP contribution < -0.4 is 38.9 Å². The molecule has 4 atom stereocenters. The first-order valence-electron chi connectivity index (χ1n) is 13.0. The molecule has 0 aliphatic carbocycles. The van der Waals surface area contributed by atoms with Gasteiger partial charge in [0.2, 0.25) is 17.7 Å². The van der Waals surface area contributed by atoms with Gasteiger partial charge in [0, 0.05) is 13.0 Å². The number of nitrogens with two attached hydrogens (primary N) is 4. The number of carboxylic acid groups (broad SMARTS) is 2. The summed E-state index contributed by atoms with van der Waals surface area (Å²) in [6.45, 7) is 0.530. The number of benzene rings is 1. The minimum atomic E-state index is -1.58. The Hall–Kier alpha value is -4.44. The SMILES string of the molecule is NCCCCC(N)C(=O)NC(CC(=O)O)C(=O)NC(Cc1ccc(O)cc1)C(=O)NC(CCCN=C(N)N)C(=O)O. The number of amides is 3. The van der Waals surface area contributed by atoms with Crippen LogP contribution >= 0.6 is 0 Å². The Labute approximate surface area is 236 Å². The molecule has 14 N–H and O–H groups in total. The maximum absolute atomic E-state index is 13.2. The zero-order chi connectivity index (χ0) is 30.9. The first-order chi connectivity index (χ1) is 19.3. The van der Waals surface area contributed by atoms with Gasteiger partial charge in [-0.2, -0.15) is 0 Å². The molecule has 0 saturated heterocycles. The number of carbonyl (C=O) groups is 5. The topological polar surface area (TPSA) is 299 Å². The second-order valence-corrected chi connectivity index (χ2v) is 9.33. The third-order valence-corrected chi connectivity index (χ3v) is 5.89. The third kappa shape index (κ3) is 14.0. The van der Waals surface area contributed by atoms with E-state index < -0.39 is 60.2 Å². The van der Waals surface area contributed by atoms with Crippen LogP contribution in [-0.4, -0.2) is 88.2 Å². The zero-order valence-electron chi connectivity index (χ0n) is 22.6. The molecule has 3 amide bonds. The van der Waals surface area contributed by atoms with E-state index in [4.69, 9.17) is 22.9 Å². The van der Waals surface area contributed by atoms with E-state index in [2.05, 4.69) is 20.9 Å². The number of carbonyl (C=O) groups excluding carboxylic acids is 3. The van der Waals surface area contributed by atoms with Crippen molar-refractivity contribution < 1.29 is 39.3 Å². The Morgan fingerprint density at radius 2 is 1.39 bits per heavy atom. The van der Waals surface area contributed by atoms with E-state index in [1.165, 1.54) is 24.3 Å². The van der Waals surface area contributed by atoms with Gasteiger partial charge in [-0.3, -0.25) is 24.2 Å². The molecule has 1 rings (SSSR count). The molecule has 0 aromatic heterocycles. The van der Waals surface area contributed by atoms with Crippen molar-refractivity contribution in [3.8, 4) is 5.75 Å². The fraction of sp³-hybridized carbons (Fsp3) is 0.520. The van der Waals surface area contributed by atoms with Gasteiger partial charge in [-0.05, 0) is 49.9 Å². The Balaban J connectivity index is 3.11. The molecule has 0 fully saturated rings. The average molecular weight is 581 g/mol. The van der Waals surface area contributed by atoms with Gasteiger partial charge in [0.25, 0.3) is 0 Å². The molecule has 16 heteroatoms. The molecule has 16 nitrogen and oxygen atoms in total. The number of phenolic OH excluding ortho intramolecular Hbond substituents is 1. The van der Waals surface area contributed by atoms with Gasteiger partial charge in [0.1, 0.15) is 23.9 Å². The van der Waals surface area contributed by atoms with Crippen molar-refractivity contribution in [2.24, 2.45) is 27.9 Å². The quantitative estimate of drug-likeness (QED) is 0.0460. The van der Waals surface area contributed by atoms with Crippen molar-refractivity contribution in [1.29, 1.82) is 0 Å². The van der Waals surface area contributed by atoms with Crippen molar-refractivity contribution in [3.05, 3.63) is 29.8 Å². The first kappa shape index (κ1) is 34.6. The number of hydrogen-bond acceptors (Lipinski definition) is 9. The van der Waals surface area contributed by atoms with Gasteiger partial charge in [-0.15, -0.1) is 0 Å². The van der Waals surface area contributed by atoms with E-state index in [1.807, 2.05) is 0 Å². The van der Waals surface area contributed by atoms with Gasteiger partial charge in [-0.1, -0.05) is 18.6 Å². The Morgan fingerprint density at radius 3 is 1.95 bits per heavy atom. The molecule has 1 aromatic carbocycles. The summed E-state index contributed by atoms with van der Waals surface area (Å²) >= 11 is 0. The molecule has 228 valence electrons. The monoisotopic (exact) mass is 580 g/mol. The van der Waals surface area contributed by atoms with Gasteiger partial charge in [0.15, 0.2) is 5.96 Å². The number of nitrogens with zero attached hydrogens (tertiary/aromatic N) is 1. The van der Waals surface area contributed by atoms with Gasteiger partial charge < -0.3 is 54.2 Å². The fourth-order valence-corrected chi connectivity index (χ4v) is 3.68. The summed E-state index contributed by atoms with van der Waals surface area (Å²) in [5.41, 5.74) is 22.3. The second kappa shape index (κ2) is 18.0. The molecule has 1 aromatic rings. The first-order valence-corrected chi connectivity index (χ1v) is 13.0. The largest absolute Gasteiger partial charge is 0.508 e. The number of aromatic hydroxyl groups is 1. The lowest BCUT2D eigenvalue weighted by Crippen LogP contribution is -2.58. The molecule has 0 saturated carbocycles. The second-order valence-electron chi connectivity index (χ2n) is 9.33. The van der Waals surface area contributed by atoms with E-state index in [0.717, 1.165) is 0 Å². The molecule has 4 unspecified atom stereocenters. The van der Waals surface area contributed by atoms with Gasteiger partial charge >= 0.3 is 11.9 Å². The van der Waals surface area contributed by atoms with E-state index in [1.54, 1.807) is 0 Å². The molecule has 0 bridgehead atoms. The maximum atomic E-state index is 13.2. The standard InChI is InChI=1S/C25H40N8O8/c26-10-2-1-4-16(27)21(37)32-19(13-20(35)36)23(39)33-18(12-14-6-8-15(34)9-7-14)22(38)31-17(24(40)41)5-3-11-30-25(28)29/h6-9,16-19,34H,1-5,10-13,26-27H2,(H,31,38)(H,32,37)(H,33,39)(H,35,36)(H,40,41)(H4,28,29,30). The zero-order valence-corrected chi connectivity index (χ0v) is 22.6. The van der Waals surface area contributed by atoms with E-state index in [0.29, 0.717) is 24.9 Å². The van der Waals surface area contributed by atoms with Crippen LogP contribution in [0.5, 0.6) is 5.75 Å². The number of hydrogen-bond donors (Lipinski definition) is 10. The minimum Gasteiger partial charge on any atom is -0.508 e. The highest BCUT2D eigenvalue weighted by Gasteiger charge is 2.31. The molecule has 0 spiro atoms. The van der Waals surface area contributed by atoms with Crippen LogP contribution in [0, 0.1) is 0 Å². The maximum Gasteiger partial charge on any atom is 0.326 e. The smallest absolute Gasteiger partial charge is 0.326 e. The predicted octanol–water partition coefficient (Wildman–Crippen LogP) is -2.54. The van der Waals surface area contributed by atoms with Crippen LogP contribution in [0.25, 0.3) is 0 Å². The Kier molecular flexibility index (Phi) is 15.2. The number of phenols is 1. The van der Waals surface area contributed by atoms with Crippen LogP contribution in [0.3, 0.4) is 0 Å². The fourth-order valence-electron chi connectivity index (χ4n) is 3.68. The molecule has 41 heavy (non-hydrogen) atoms. The normalized spacial score (nSPS) is 13.6. The van der Waals surface area contributed by atoms with Crippen LogP contribution in [0.2, 0.25) is 0 Å². The lowest BCUT2D eigenvalue weighted by molar-refractivity contribution is -0.143. The van der Waals surface area contributed by atoms with E-state index in [9.17, 15) is 39.3 Å². The number of aliphatic imine (C=N–C) groups is 1. The molecule has 0 radical (unpaired) electrons. The Bertz CT molecular complexity index is 1060. The van der Waals surface area contributed by atoms with Crippen LogP contribution in [0.15, 0.2) is 29.3 Å². The number of guanidine groups is 1. The summed E-state index contributed by atoms with van der Waals surface area (Å²) in [6, 6.07) is 0.369. The van der Waals surface area contributed by atoms with E-state index in [-0.39, 0.29) is 43.9 Å². The number of nitrogens with one attached hydrogen (secondary N) is 3. The van der Waals surface area contributed by atoms with Crippen LogP contribution in [0.4, 0.5) is 0 Å². The van der Waals surface area contributed by atoms with Crippen molar-refractivity contribution >= 4 is 35.6 Å². The highest BCUT2D eigenvalue weighted by Crippen LogP contribution is 2.12. The molecular weight excluding hydrogens is 540 g/mol. The van der Waals surface area contributed by atoms with Crippen LogP contribution in [-0.2, 0) is 30.4 Å². The van der Waals surface area contributed by atoms with Gasteiger partial charge in [0.05, 0.1) is 12.5 Å². The highest BCUT2D eigenvalue weighted by molar-refractivity contribution is 5.95.